The minimum absolute atomic E-state index is 0.366. The Bertz CT molecular complexity index is 1840. The normalized spacial score (nSPS) is 14.2. The van der Waals surface area contributed by atoms with E-state index in [0.717, 1.165) is 64.0 Å². The van der Waals surface area contributed by atoms with Gasteiger partial charge in [-0.25, -0.2) is 9.37 Å². The van der Waals surface area contributed by atoms with Crippen molar-refractivity contribution in [2.24, 2.45) is 0 Å². The third kappa shape index (κ3) is 4.58. The lowest BCUT2D eigenvalue weighted by Crippen LogP contribution is -2.29. The van der Waals surface area contributed by atoms with Crippen molar-refractivity contribution in [1.29, 1.82) is 0 Å². The fraction of sp³-hybridized carbons (Fsp3) is 0.226. The van der Waals surface area contributed by atoms with Gasteiger partial charge in [0.2, 0.25) is 0 Å². The number of likely N-dealkylation sites (tertiary alicyclic amines) is 1. The second kappa shape index (κ2) is 10.2. The number of ether oxygens (including phenoxy) is 1. The molecule has 1 aliphatic heterocycles. The molecule has 6 aromatic rings. The summed E-state index contributed by atoms with van der Waals surface area (Å²) in [5, 5.41) is 9.42. The Morgan fingerprint density at radius 3 is 2.58 bits per heavy atom. The third-order valence-corrected chi connectivity index (χ3v) is 7.63. The molecule has 0 spiro atoms. The average Bonchev–Trinajstić information content (AvgIpc) is 3.61. The Morgan fingerprint density at radius 1 is 0.850 bits per heavy atom. The van der Waals surface area contributed by atoms with Crippen molar-refractivity contribution >= 4 is 21.9 Å². The number of hydrogen-bond acceptors (Lipinski definition) is 6. The van der Waals surface area contributed by atoms with E-state index in [4.69, 9.17) is 4.74 Å². The fourth-order valence-corrected chi connectivity index (χ4v) is 5.62. The van der Waals surface area contributed by atoms with Gasteiger partial charge in [-0.05, 0) is 67.4 Å². The molecule has 0 bridgehead atoms. The highest BCUT2D eigenvalue weighted by molar-refractivity contribution is 6.00. The molecule has 1 aliphatic rings. The summed E-state index contributed by atoms with van der Waals surface area (Å²) in [5.41, 5.74) is 7.82. The van der Waals surface area contributed by atoms with Crippen LogP contribution in [-0.2, 0) is 6.54 Å². The van der Waals surface area contributed by atoms with Gasteiger partial charge in [0.15, 0.2) is 5.65 Å². The van der Waals surface area contributed by atoms with E-state index in [0.29, 0.717) is 17.0 Å². The number of halogens is 1. The van der Waals surface area contributed by atoms with E-state index in [9.17, 15) is 4.39 Å². The van der Waals surface area contributed by atoms with Crippen LogP contribution >= 0.6 is 0 Å². The summed E-state index contributed by atoms with van der Waals surface area (Å²) in [5.74, 6) is 0.0881. The largest absolute Gasteiger partial charge is 0.497 e. The Morgan fingerprint density at radius 2 is 1.70 bits per heavy atom. The molecular formula is C31H28FN7O. The number of methoxy groups -OCH3 is 1. The van der Waals surface area contributed by atoms with Gasteiger partial charge in [-0.2, -0.15) is 5.10 Å². The molecule has 1 aromatic carbocycles. The van der Waals surface area contributed by atoms with Gasteiger partial charge in [-0.3, -0.25) is 20.0 Å². The molecule has 0 unspecified atom stereocenters. The second-order valence-electron chi connectivity index (χ2n) is 10.3. The molecule has 6 heterocycles. The number of benzene rings is 1. The fourth-order valence-electron chi connectivity index (χ4n) is 5.62. The number of rotatable bonds is 6. The highest BCUT2D eigenvalue weighted by Crippen LogP contribution is 2.35. The van der Waals surface area contributed by atoms with Gasteiger partial charge >= 0.3 is 0 Å². The molecule has 200 valence electrons. The van der Waals surface area contributed by atoms with E-state index in [-0.39, 0.29) is 5.82 Å². The first-order chi connectivity index (χ1) is 19.6. The van der Waals surface area contributed by atoms with Gasteiger partial charge in [0.1, 0.15) is 11.6 Å². The predicted molar refractivity (Wildman–Crippen MR) is 153 cm³/mol. The second-order valence-corrected chi connectivity index (χ2v) is 10.3. The molecule has 0 amide bonds. The van der Waals surface area contributed by atoms with Gasteiger partial charge in [0.25, 0.3) is 0 Å². The Kier molecular flexibility index (Phi) is 6.20. The molecule has 2 N–H and O–H groups in total. The SMILES string of the molecule is COc1cc(F)cc(-c2cncc3[nH]c(-c4[nH]nc5ncc(-c6cncc(CN7CCCCC7)c6)cc45)cc23)c1. The maximum atomic E-state index is 14.3. The molecule has 9 heteroatoms. The molecule has 1 fully saturated rings. The number of aromatic amines is 2. The zero-order chi connectivity index (χ0) is 27.1. The first-order valence-corrected chi connectivity index (χ1v) is 13.5. The predicted octanol–water partition coefficient (Wildman–Crippen LogP) is 6.36. The Labute approximate surface area is 230 Å². The van der Waals surface area contributed by atoms with Gasteiger partial charge in [-0.1, -0.05) is 6.42 Å². The molecule has 0 aliphatic carbocycles. The van der Waals surface area contributed by atoms with Gasteiger partial charge in [0.05, 0.1) is 30.2 Å². The quantitative estimate of drug-likeness (QED) is 0.259. The maximum Gasteiger partial charge on any atom is 0.181 e. The van der Waals surface area contributed by atoms with E-state index in [1.165, 1.54) is 44.1 Å². The van der Waals surface area contributed by atoms with Crippen molar-refractivity contribution in [2.75, 3.05) is 20.2 Å². The highest BCUT2D eigenvalue weighted by atomic mass is 19.1. The summed E-state index contributed by atoms with van der Waals surface area (Å²) in [6.45, 7) is 3.20. The highest BCUT2D eigenvalue weighted by Gasteiger charge is 2.16. The van der Waals surface area contributed by atoms with Crippen molar-refractivity contribution in [2.45, 2.75) is 25.8 Å². The molecule has 8 nitrogen and oxygen atoms in total. The standard InChI is InChI=1S/C31H28FN7O/c1-40-24-9-20(8-23(32)11-24)27-16-34-17-29-25(27)12-28(36-29)30-26-10-22(15-35-31(26)38-37-30)21-7-19(13-33-14-21)18-39-5-3-2-4-6-39/h7-17,36H,2-6,18H2,1H3,(H,35,37,38). The van der Waals surface area contributed by atoms with E-state index in [1.54, 1.807) is 18.5 Å². The van der Waals surface area contributed by atoms with Gasteiger partial charge in [0, 0.05) is 64.9 Å². The number of aromatic nitrogens is 6. The molecular weight excluding hydrogens is 505 g/mol. The number of fused-ring (bicyclic) bond motifs is 2. The van der Waals surface area contributed by atoms with Crippen LogP contribution in [0.1, 0.15) is 24.8 Å². The zero-order valence-electron chi connectivity index (χ0n) is 22.1. The Hall–Kier alpha value is -4.63. The van der Waals surface area contributed by atoms with Crippen LogP contribution in [0.2, 0.25) is 0 Å². The van der Waals surface area contributed by atoms with E-state index in [2.05, 4.69) is 47.2 Å². The minimum Gasteiger partial charge on any atom is -0.497 e. The van der Waals surface area contributed by atoms with Crippen molar-refractivity contribution < 1.29 is 9.13 Å². The van der Waals surface area contributed by atoms with Crippen LogP contribution < -0.4 is 4.74 Å². The number of piperidine rings is 1. The van der Waals surface area contributed by atoms with Crippen LogP contribution in [0.15, 0.2) is 67.4 Å². The van der Waals surface area contributed by atoms with E-state index >= 15 is 0 Å². The smallest absolute Gasteiger partial charge is 0.181 e. The lowest BCUT2D eigenvalue weighted by Gasteiger charge is -2.26. The Balaban J connectivity index is 1.26. The van der Waals surface area contributed by atoms with Gasteiger partial charge < -0.3 is 9.72 Å². The number of nitrogens with one attached hydrogen (secondary N) is 2. The molecule has 0 atom stereocenters. The van der Waals surface area contributed by atoms with E-state index < -0.39 is 0 Å². The van der Waals surface area contributed by atoms with Crippen molar-refractivity contribution in [3.8, 4) is 39.4 Å². The molecule has 40 heavy (non-hydrogen) atoms. The molecule has 0 radical (unpaired) electrons. The molecule has 7 rings (SSSR count). The van der Waals surface area contributed by atoms with Crippen LogP contribution in [0.3, 0.4) is 0 Å². The summed E-state index contributed by atoms with van der Waals surface area (Å²) in [4.78, 5) is 19.5. The topological polar surface area (TPSA) is 95.6 Å². The van der Waals surface area contributed by atoms with Crippen LogP contribution in [0.25, 0.3) is 55.6 Å². The first kappa shape index (κ1) is 24.4. The van der Waals surface area contributed by atoms with Crippen molar-refractivity contribution in [3.63, 3.8) is 0 Å². The summed E-state index contributed by atoms with van der Waals surface area (Å²) in [6, 6.07) is 11.0. The lowest BCUT2D eigenvalue weighted by molar-refractivity contribution is 0.220. The van der Waals surface area contributed by atoms with Crippen molar-refractivity contribution in [1.82, 2.24) is 35.0 Å². The average molecular weight is 534 g/mol. The third-order valence-electron chi connectivity index (χ3n) is 7.63. The van der Waals surface area contributed by atoms with Crippen molar-refractivity contribution in [3.05, 3.63) is 78.8 Å². The zero-order valence-corrected chi connectivity index (χ0v) is 22.1. The summed E-state index contributed by atoms with van der Waals surface area (Å²) < 4.78 is 19.6. The first-order valence-electron chi connectivity index (χ1n) is 13.5. The monoisotopic (exact) mass is 533 g/mol. The van der Waals surface area contributed by atoms with Crippen LogP contribution in [0.4, 0.5) is 4.39 Å². The van der Waals surface area contributed by atoms with Crippen LogP contribution in [-0.4, -0.2) is 55.2 Å². The lowest BCUT2D eigenvalue weighted by atomic mass is 10.0. The molecule has 0 saturated carbocycles. The summed E-state index contributed by atoms with van der Waals surface area (Å²) in [7, 11) is 1.53. The van der Waals surface area contributed by atoms with Crippen LogP contribution in [0, 0.1) is 5.82 Å². The minimum atomic E-state index is -0.366. The number of H-pyrrole nitrogens is 2. The van der Waals surface area contributed by atoms with E-state index in [1.807, 2.05) is 24.7 Å². The number of pyridine rings is 3. The molecule has 5 aromatic heterocycles. The van der Waals surface area contributed by atoms with Crippen LogP contribution in [0.5, 0.6) is 5.75 Å². The number of hydrogen-bond donors (Lipinski definition) is 2. The van der Waals surface area contributed by atoms with Gasteiger partial charge in [-0.15, -0.1) is 0 Å². The summed E-state index contributed by atoms with van der Waals surface area (Å²) >= 11 is 0. The molecule has 1 saturated heterocycles. The summed E-state index contributed by atoms with van der Waals surface area (Å²) in [6.07, 6.45) is 13.0. The maximum absolute atomic E-state index is 14.3. The number of nitrogens with zero attached hydrogens (tertiary/aromatic N) is 5.